The van der Waals surface area contributed by atoms with E-state index in [1.165, 1.54) is 0 Å². The maximum absolute atomic E-state index is 13.0. The molecule has 2 heterocycles. The molecule has 1 aromatic rings. The zero-order valence-electron chi connectivity index (χ0n) is 14.0. The zero-order valence-corrected chi connectivity index (χ0v) is 14.0. The minimum atomic E-state index is 0.0625. The number of nitrogens with zero attached hydrogens (tertiary/aromatic N) is 2. The van der Waals surface area contributed by atoms with E-state index in [4.69, 9.17) is 0 Å². The van der Waals surface area contributed by atoms with Crippen molar-refractivity contribution in [2.45, 2.75) is 39.2 Å². The Hall–Kier alpha value is -1.88. The maximum atomic E-state index is 13.0. The summed E-state index contributed by atoms with van der Waals surface area (Å²) in [6, 6.07) is 6.07. The summed E-state index contributed by atoms with van der Waals surface area (Å²) in [6.45, 7) is 7.07. The van der Waals surface area contributed by atoms with Gasteiger partial charge in [0.15, 0.2) is 0 Å². The molecular formula is C18H25N3O2. The highest BCUT2D eigenvalue weighted by Gasteiger charge is 2.28. The fraction of sp³-hybridized carbons (Fsp3) is 0.556. The number of amides is 2. The zero-order chi connectivity index (χ0) is 16.4. The Balaban J connectivity index is 1.83. The number of carbonyl (C=O) groups excluding carboxylic acids is 2. The average Bonchev–Trinajstić information content (AvgIpc) is 3.20. The largest absolute Gasteiger partial charge is 0.334 e. The van der Waals surface area contributed by atoms with Gasteiger partial charge in [-0.3, -0.25) is 9.59 Å². The van der Waals surface area contributed by atoms with Gasteiger partial charge >= 0.3 is 0 Å². The molecule has 1 saturated heterocycles. The second-order valence-electron chi connectivity index (χ2n) is 6.41. The molecule has 5 heteroatoms. The van der Waals surface area contributed by atoms with E-state index in [-0.39, 0.29) is 11.8 Å². The molecule has 5 nitrogen and oxygen atoms in total. The maximum Gasteiger partial charge on any atom is 0.254 e. The molecule has 2 aliphatic heterocycles. The SMILES string of the molecule is CCCN(C(=O)c1ccc2c(c1)CCN2C(C)=O)C1CCNC1. The third kappa shape index (κ3) is 3.11. The number of hydrogen-bond donors (Lipinski definition) is 1. The van der Waals surface area contributed by atoms with E-state index < -0.39 is 0 Å². The minimum Gasteiger partial charge on any atom is -0.334 e. The number of rotatable bonds is 4. The van der Waals surface area contributed by atoms with E-state index in [1.807, 2.05) is 23.1 Å². The van der Waals surface area contributed by atoms with Crippen molar-refractivity contribution >= 4 is 17.5 Å². The van der Waals surface area contributed by atoms with Crippen LogP contribution in [0.2, 0.25) is 0 Å². The van der Waals surface area contributed by atoms with Crippen LogP contribution in [0.25, 0.3) is 0 Å². The van der Waals surface area contributed by atoms with E-state index in [0.717, 1.165) is 55.7 Å². The van der Waals surface area contributed by atoms with E-state index >= 15 is 0 Å². The summed E-state index contributed by atoms with van der Waals surface area (Å²) in [6.07, 6.45) is 2.81. The smallest absolute Gasteiger partial charge is 0.254 e. The number of benzene rings is 1. The third-order valence-electron chi connectivity index (χ3n) is 4.80. The van der Waals surface area contributed by atoms with Crippen LogP contribution >= 0.6 is 0 Å². The molecule has 0 radical (unpaired) electrons. The van der Waals surface area contributed by atoms with Crippen molar-refractivity contribution < 1.29 is 9.59 Å². The average molecular weight is 315 g/mol. The van der Waals surface area contributed by atoms with Crippen LogP contribution in [0.4, 0.5) is 5.69 Å². The van der Waals surface area contributed by atoms with Gasteiger partial charge in [0, 0.05) is 43.9 Å². The first-order valence-corrected chi connectivity index (χ1v) is 8.54. The third-order valence-corrected chi connectivity index (χ3v) is 4.80. The summed E-state index contributed by atoms with van der Waals surface area (Å²) in [5.74, 6) is 0.178. The van der Waals surface area contributed by atoms with Gasteiger partial charge in [0.25, 0.3) is 5.91 Å². The minimum absolute atomic E-state index is 0.0625. The van der Waals surface area contributed by atoms with Crippen molar-refractivity contribution in [1.82, 2.24) is 10.2 Å². The predicted octanol–water partition coefficient (Wildman–Crippen LogP) is 1.81. The van der Waals surface area contributed by atoms with Gasteiger partial charge in [-0.1, -0.05) is 6.92 Å². The Labute approximate surface area is 137 Å². The first kappa shape index (κ1) is 16.0. The number of hydrogen-bond acceptors (Lipinski definition) is 3. The van der Waals surface area contributed by atoms with Crippen LogP contribution in [-0.2, 0) is 11.2 Å². The van der Waals surface area contributed by atoms with Gasteiger partial charge in [0.1, 0.15) is 0 Å². The fourth-order valence-electron chi connectivity index (χ4n) is 3.62. The van der Waals surface area contributed by atoms with E-state index in [1.54, 1.807) is 11.8 Å². The van der Waals surface area contributed by atoms with Gasteiger partial charge in [0.2, 0.25) is 5.91 Å². The molecule has 3 rings (SSSR count). The van der Waals surface area contributed by atoms with E-state index in [9.17, 15) is 9.59 Å². The van der Waals surface area contributed by atoms with Gasteiger partial charge in [-0.05, 0) is 49.6 Å². The van der Waals surface area contributed by atoms with Crippen molar-refractivity contribution in [1.29, 1.82) is 0 Å². The van der Waals surface area contributed by atoms with Crippen LogP contribution in [0.5, 0.6) is 0 Å². The van der Waals surface area contributed by atoms with Crippen LogP contribution < -0.4 is 10.2 Å². The number of carbonyl (C=O) groups is 2. The van der Waals surface area contributed by atoms with Crippen molar-refractivity contribution in [3.63, 3.8) is 0 Å². The number of fused-ring (bicyclic) bond motifs is 1. The molecule has 2 amide bonds. The van der Waals surface area contributed by atoms with Crippen LogP contribution in [0.3, 0.4) is 0 Å². The molecule has 1 N–H and O–H groups in total. The fourth-order valence-corrected chi connectivity index (χ4v) is 3.62. The van der Waals surface area contributed by atoms with E-state index in [2.05, 4.69) is 12.2 Å². The van der Waals surface area contributed by atoms with Crippen molar-refractivity contribution in [3.05, 3.63) is 29.3 Å². The van der Waals surface area contributed by atoms with Gasteiger partial charge < -0.3 is 15.1 Å². The highest BCUT2D eigenvalue weighted by Crippen LogP contribution is 2.29. The first-order chi connectivity index (χ1) is 11.1. The topological polar surface area (TPSA) is 52.7 Å². The Morgan fingerprint density at radius 1 is 1.39 bits per heavy atom. The predicted molar refractivity (Wildman–Crippen MR) is 90.8 cm³/mol. The molecule has 0 saturated carbocycles. The summed E-state index contributed by atoms with van der Waals surface area (Å²) in [4.78, 5) is 28.4. The lowest BCUT2D eigenvalue weighted by molar-refractivity contribution is -0.116. The Morgan fingerprint density at radius 2 is 2.22 bits per heavy atom. The van der Waals surface area contributed by atoms with Crippen molar-refractivity contribution in [2.75, 3.05) is 31.1 Å². The summed E-state index contributed by atoms with van der Waals surface area (Å²) in [5, 5.41) is 3.34. The summed E-state index contributed by atoms with van der Waals surface area (Å²) in [5.41, 5.74) is 2.81. The summed E-state index contributed by atoms with van der Waals surface area (Å²) < 4.78 is 0. The van der Waals surface area contributed by atoms with Crippen molar-refractivity contribution in [2.24, 2.45) is 0 Å². The second kappa shape index (κ2) is 6.71. The summed E-state index contributed by atoms with van der Waals surface area (Å²) >= 11 is 0. The lowest BCUT2D eigenvalue weighted by Crippen LogP contribution is -2.42. The standard InChI is InChI=1S/C18H25N3O2/c1-3-9-21(16-6-8-19-12-16)18(23)15-4-5-17-14(11-15)7-10-20(17)13(2)22/h4-5,11,16,19H,3,6-10,12H2,1-2H3. The lowest BCUT2D eigenvalue weighted by Gasteiger charge is -2.28. The van der Waals surface area contributed by atoms with E-state index in [0.29, 0.717) is 12.6 Å². The van der Waals surface area contributed by atoms with Crippen LogP contribution in [0, 0.1) is 0 Å². The normalized spacial score (nSPS) is 19.7. The lowest BCUT2D eigenvalue weighted by atomic mass is 10.1. The molecule has 124 valence electrons. The Morgan fingerprint density at radius 3 is 2.87 bits per heavy atom. The highest BCUT2D eigenvalue weighted by molar-refractivity contribution is 5.98. The van der Waals surface area contributed by atoms with Crippen LogP contribution in [0.1, 0.15) is 42.6 Å². The molecule has 0 aliphatic carbocycles. The number of nitrogens with one attached hydrogen (secondary N) is 1. The second-order valence-corrected chi connectivity index (χ2v) is 6.41. The van der Waals surface area contributed by atoms with Crippen molar-refractivity contribution in [3.8, 4) is 0 Å². The quantitative estimate of drug-likeness (QED) is 0.922. The molecule has 0 spiro atoms. The van der Waals surface area contributed by atoms with Gasteiger partial charge in [0.05, 0.1) is 0 Å². The Bertz CT molecular complexity index is 608. The molecular weight excluding hydrogens is 290 g/mol. The molecule has 1 aromatic carbocycles. The van der Waals surface area contributed by atoms with Gasteiger partial charge in [-0.15, -0.1) is 0 Å². The van der Waals surface area contributed by atoms with Gasteiger partial charge in [-0.25, -0.2) is 0 Å². The molecule has 0 bridgehead atoms. The molecule has 23 heavy (non-hydrogen) atoms. The molecule has 1 unspecified atom stereocenters. The van der Waals surface area contributed by atoms with Gasteiger partial charge in [-0.2, -0.15) is 0 Å². The van der Waals surface area contributed by atoms with Crippen LogP contribution in [0.15, 0.2) is 18.2 Å². The van der Waals surface area contributed by atoms with Crippen LogP contribution in [-0.4, -0.2) is 48.9 Å². The summed E-state index contributed by atoms with van der Waals surface area (Å²) in [7, 11) is 0. The molecule has 2 aliphatic rings. The highest BCUT2D eigenvalue weighted by atomic mass is 16.2. The first-order valence-electron chi connectivity index (χ1n) is 8.54. The molecule has 1 fully saturated rings. The Kier molecular flexibility index (Phi) is 4.66. The molecule has 0 aromatic heterocycles. The molecule has 1 atom stereocenters. The monoisotopic (exact) mass is 315 g/mol. The number of anilines is 1.